The molecular weight excluding hydrogens is 331 g/mol. The highest BCUT2D eigenvalue weighted by molar-refractivity contribution is 6.63. The smallest absolute Gasteiger partial charge is 0.423 e. The molecule has 0 spiro atoms. The lowest BCUT2D eigenvalue weighted by Gasteiger charge is -2.33. The summed E-state index contributed by atoms with van der Waals surface area (Å²) in [6.45, 7) is 0. The maximum absolute atomic E-state index is 10.1. The van der Waals surface area contributed by atoms with Gasteiger partial charge in [0.25, 0.3) is 0 Å². The summed E-state index contributed by atoms with van der Waals surface area (Å²) in [5.74, 6) is 0.0198. The Morgan fingerprint density at radius 3 is 2.15 bits per heavy atom. The van der Waals surface area contributed by atoms with Gasteiger partial charge in [-0.2, -0.15) is 0 Å². The fourth-order valence-corrected chi connectivity index (χ4v) is 4.60. The van der Waals surface area contributed by atoms with E-state index in [4.69, 9.17) is 0 Å². The van der Waals surface area contributed by atoms with Crippen LogP contribution in [0.25, 0.3) is 21.8 Å². The van der Waals surface area contributed by atoms with Gasteiger partial charge in [-0.15, -0.1) is 0 Å². The molecule has 0 amide bonds. The Kier molecular flexibility index (Phi) is 3.85. The molecule has 2 aliphatic rings. The van der Waals surface area contributed by atoms with Crippen LogP contribution in [-0.2, 0) is 0 Å². The van der Waals surface area contributed by atoms with E-state index in [2.05, 4.69) is 66.8 Å². The largest absolute Gasteiger partial charge is 0.485 e. The molecule has 130 valence electrons. The second-order valence-electron chi connectivity index (χ2n) is 7.14. The second-order valence-corrected chi connectivity index (χ2v) is 7.14. The minimum absolute atomic E-state index is 0.0566. The molecule has 0 fully saturated rings. The topological polar surface area (TPSA) is 40.5 Å². The lowest BCUT2D eigenvalue weighted by molar-refractivity contribution is 0.420. The summed E-state index contributed by atoms with van der Waals surface area (Å²) >= 11 is 0. The molecule has 0 bridgehead atoms. The minimum atomic E-state index is -1.47. The molecule has 3 aromatic carbocycles. The van der Waals surface area contributed by atoms with Crippen molar-refractivity contribution in [2.45, 2.75) is 0 Å². The monoisotopic (exact) mass is 350 g/mol. The minimum Gasteiger partial charge on any atom is -0.423 e. The van der Waals surface area contributed by atoms with Crippen LogP contribution >= 0.6 is 0 Å². The molecule has 2 N–H and O–H groups in total. The van der Waals surface area contributed by atoms with Gasteiger partial charge in [-0.3, -0.25) is 0 Å². The van der Waals surface area contributed by atoms with Gasteiger partial charge in [-0.25, -0.2) is 0 Å². The van der Waals surface area contributed by atoms with Crippen molar-refractivity contribution in [3.8, 4) is 0 Å². The highest BCUT2D eigenvalue weighted by atomic mass is 16.4. The first kappa shape index (κ1) is 16.3. The SMILES string of the molecule is OB(O)C1=c2ccccc2=C(c2cccc3ccccc23)C2C=CC=CC12. The maximum Gasteiger partial charge on any atom is 0.485 e. The van der Waals surface area contributed by atoms with Crippen molar-refractivity contribution >= 4 is 28.9 Å². The molecule has 0 radical (unpaired) electrons. The first-order valence-corrected chi connectivity index (χ1v) is 9.28. The van der Waals surface area contributed by atoms with Gasteiger partial charge in [-0.1, -0.05) is 91.0 Å². The van der Waals surface area contributed by atoms with Crippen LogP contribution in [0.4, 0.5) is 0 Å². The number of hydrogen-bond acceptors (Lipinski definition) is 2. The van der Waals surface area contributed by atoms with Crippen molar-refractivity contribution in [1.29, 1.82) is 0 Å². The van der Waals surface area contributed by atoms with E-state index in [0.717, 1.165) is 10.4 Å². The van der Waals surface area contributed by atoms with Gasteiger partial charge in [0, 0.05) is 11.8 Å². The zero-order chi connectivity index (χ0) is 18.4. The van der Waals surface area contributed by atoms with E-state index in [9.17, 15) is 10.0 Å². The van der Waals surface area contributed by atoms with Crippen molar-refractivity contribution < 1.29 is 10.0 Å². The molecule has 27 heavy (non-hydrogen) atoms. The zero-order valence-corrected chi connectivity index (χ0v) is 14.8. The summed E-state index contributed by atoms with van der Waals surface area (Å²) in [4.78, 5) is 0. The Bertz CT molecular complexity index is 1220. The van der Waals surface area contributed by atoms with Crippen molar-refractivity contribution in [3.63, 3.8) is 0 Å². The van der Waals surface area contributed by atoms with Crippen LogP contribution < -0.4 is 10.4 Å². The number of allylic oxidation sites excluding steroid dienone is 4. The molecule has 0 saturated carbocycles. The lowest BCUT2D eigenvalue weighted by atomic mass is 9.61. The van der Waals surface area contributed by atoms with Crippen LogP contribution in [0.1, 0.15) is 5.56 Å². The van der Waals surface area contributed by atoms with Crippen LogP contribution in [0.5, 0.6) is 0 Å². The van der Waals surface area contributed by atoms with Crippen LogP contribution in [0.3, 0.4) is 0 Å². The van der Waals surface area contributed by atoms with E-state index in [-0.39, 0.29) is 11.8 Å². The molecule has 0 heterocycles. The average Bonchev–Trinajstić information content (AvgIpc) is 2.71. The van der Waals surface area contributed by atoms with Gasteiger partial charge in [0.1, 0.15) is 0 Å². The number of benzene rings is 3. The highest BCUT2D eigenvalue weighted by Crippen LogP contribution is 2.39. The number of rotatable bonds is 2. The van der Waals surface area contributed by atoms with Crippen LogP contribution in [0.15, 0.2) is 91.0 Å². The van der Waals surface area contributed by atoms with Gasteiger partial charge in [0.2, 0.25) is 0 Å². The first-order valence-electron chi connectivity index (χ1n) is 9.28. The summed E-state index contributed by atoms with van der Waals surface area (Å²) in [6.07, 6.45) is 8.32. The third kappa shape index (κ3) is 2.51. The third-order valence-electron chi connectivity index (χ3n) is 5.71. The molecule has 0 aliphatic heterocycles. The van der Waals surface area contributed by atoms with Crippen molar-refractivity contribution in [1.82, 2.24) is 0 Å². The summed E-state index contributed by atoms with van der Waals surface area (Å²) < 4.78 is 0. The summed E-state index contributed by atoms with van der Waals surface area (Å²) in [5.41, 5.74) is 3.14. The number of hydrogen-bond donors (Lipinski definition) is 2. The standard InChI is InChI=1S/C24H19BO2/c26-25(27)24-21-13-5-3-11-19(21)23(20-12-4-6-14-22(20)24)18-15-7-9-16-8-1-2-10-17(16)18/h1-15,19,21,26-27H. The summed E-state index contributed by atoms with van der Waals surface area (Å²) in [5, 5.41) is 24.7. The van der Waals surface area contributed by atoms with E-state index in [1.807, 2.05) is 24.3 Å². The molecule has 3 heteroatoms. The Hall–Kier alpha value is -2.88. The van der Waals surface area contributed by atoms with Crippen molar-refractivity contribution in [2.24, 2.45) is 11.8 Å². The quantitative estimate of drug-likeness (QED) is 0.698. The Morgan fingerprint density at radius 1 is 0.667 bits per heavy atom. The third-order valence-corrected chi connectivity index (χ3v) is 5.71. The van der Waals surface area contributed by atoms with Crippen molar-refractivity contribution in [2.75, 3.05) is 0 Å². The summed E-state index contributed by atoms with van der Waals surface area (Å²) in [7, 11) is -1.47. The predicted octanol–water partition coefficient (Wildman–Crippen LogP) is 2.57. The molecular formula is C24H19BO2. The molecule has 5 rings (SSSR count). The highest BCUT2D eigenvalue weighted by Gasteiger charge is 2.35. The molecule has 2 atom stereocenters. The second kappa shape index (κ2) is 6.38. The molecule has 0 saturated heterocycles. The fourth-order valence-electron chi connectivity index (χ4n) is 4.60. The van der Waals surface area contributed by atoms with Gasteiger partial charge in [-0.05, 0) is 37.8 Å². The van der Waals surface area contributed by atoms with E-state index < -0.39 is 7.12 Å². The Labute approximate surface area is 158 Å². The molecule has 2 nitrogen and oxygen atoms in total. The van der Waals surface area contributed by atoms with Gasteiger partial charge in [0.15, 0.2) is 0 Å². The van der Waals surface area contributed by atoms with Crippen LogP contribution in [-0.4, -0.2) is 17.2 Å². The van der Waals surface area contributed by atoms with Crippen molar-refractivity contribution in [3.05, 3.63) is 107 Å². The lowest BCUT2D eigenvalue weighted by Crippen LogP contribution is -2.44. The van der Waals surface area contributed by atoms with Crippen LogP contribution in [0.2, 0.25) is 0 Å². The van der Waals surface area contributed by atoms with Gasteiger partial charge in [0.05, 0.1) is 0 Å². The Morgan fingerprint density at radius 2 is 1.33 bits per heavy atom. The first-order chi connectivity index (χ1) is 13.3. The molecule has 2 unspecified atom stereocenters. The van der Waals surface area contributed by atoms with E-state index in [0.29, 0.717) is 5.47 Å². The maximum atomic E-state index is 10.1. The number of fused-ring (bicyclic) bond motifs is 3. The fraction of sp³-hybridized carbons (Fsp3) is 0.0833. The summed E-state index contributed by atoms with van der Waals surface area (Å²) in [6, 6.07) is 22.9. The Balaban J connectivity index is 1.97. The average molecular weight is 350 g/mol. The van der Waals surface area contributed by atoms with E-state index in [1.54, 1.807) is 0 Å². The van der Waals surface area contributed by atoms with Gasteiger partial charge >= 0.3 is 7.12 Å². The predicted molar refractivity (Wildman–Crippen MR) is 111 cm³/mol. The van der Waals surface area contributed by atoms with Gasteiger partial charge < -0.3 is 10.0 Å². The molecule has 0 aromatic heterocycles. The van der Waals surface area contributed by atoms with E-state index >= 15 is 0 Å². The van der Waals surface area contributed by atoms with E-state index in [1.165, 1.54) is 21.9 Å². The van der Waals surface area contributed by atoms with Crippen LogP contribution in [0, 0.1) is 11.8 Å². The molecule has 2 aliphatic carbocycles. The molecule has 3 aromatic rings. The zero-order valence-electron chi connectivity index (χ0n) is 14.8. The normalized spacial score (nSPS) is 20.5.